The highest BCUT2D eigenvalue weighted by Gasteiger charge is 1.98. The van der Waals surface area contributed by atoms with Crippen LogP contribution >= 0.6 is 12.2 Å². The summed E-state index contributed by atoms with van der Waals surface area (Å²) in [4.78, 5) is 10.6. The third-order valence-corrected chi connectivity index (χ3v) is 1.10. The zero-order chi connectivity index (χ0) is 8.69. The van der Waals surface area contributed by atoms with Crippen LogP contribution in [0.4, 0.5) is 4.79 Å². The zero-order valence-corrected chi connectivity index (χ0v) is 6.99. The minimum absolute atomic E-state index is 0.0183. The summed E-state index contributed by atoms with van der Waals surface area (Å²) in [5.74, 6) is 0. The number of thiocarbonyl (C=S) groups is 1. The van der Waals surface area contributed by atoms with Gasteiger partial charge < -0.3 is 15.7 Å². The van der Waals surface area contributed by atoms with Crippen molar-refractivity contribution < 1.29 is 9.90 Å². The van der Waals surface area contributed by atoms with Crippen LogP contribution in [-0.4, -0.2) is 36.4 Å². The van der Waals surface area contributed by atoms with Crippen LogP contribution in [0.5, 0.6) is 0 Å². The van der Waals surface area contributed by atoms with Gasteiger partial charge in [0.1, 0.15) is 0 Å². The van der Waals surface area contributed by atoms with Gasteiger partial charge in [-0.3, -0.25) is 5.32 Å². The first-order chi connectivity index (χ1) is 5.20. The lowest BCUT2D eigenvalue weighted by molar-refractivity contribution is 0.247. The molecule has 0 bridgehead atoms. The Morgan fingerprint density at radius 2 is 2.27 bits per heavy atom. The zero-order valence-electron chi connectivity index (χ0n) is 6.18. The quantitative estimate of drug-likeness (QED) is 0.399. The van der Waals surface area contributed by atoms with Gasteiger partial charge in [-0.25, -0.2) is 4.79 Å². The van der Waals surface area contributed by atoms with E-state index in [1.807, 2.05) is 0 Å². The van der Waals surface area contributed by atoms with Gasteiger partial charge in [0.05, 0.1) is 6.61 Å². The van der Waals surface area contributed by atoms with Gasteiger partial charge in [0.25, 0.3) is 0 Å². The maximum absolute atomic E-state index is 10.6. The molecule has 0 heterocycles. The minimum Gasteiger partial charge on any atom is -0.395 e. The van der Waals surface area contributed by atoms with Crippen LogP contribution < -0.4 is 16.0 Å². The number of amides is 2. The van der Waals surface area contributed by atoms with E-state index in [9.17, 15) is 4.79 Å². The Kier molecular flexibility index (Phi) is 5.40. The summed E-state index contributed by atoms with van der Waals surface area (Å²) >= 11 is 4.67. The number of urea groups is 1. The number of carbonyl (C=O) groups excluding carboxylic acids is 1. The first kappa shape index (κ1) is 10.1. The second-order valence-corrected chi connectivity index (χ2v) is 2.09. The van der Waals surface area contributed by atoms with Crippen molar-refractivity contribution in [2.75, 3.05) is 20.2 Å². The van der Waals surface area contributed by atoms with Gasteiger partial charge >= 0.3 is 6.03 Å². The largest absolute Gasteiger partial charge is 0.395 e. The lowest BCUT2D eigenvalue weighted by Crippen LogP contribution is -2.44. The molecule has 0 aromatic carbocycles. The number of hydrogen-bond acceptors (Lipinski definition) is 3. The van der Waals surface area contributed by atoms with Gasteiger partial charge in [0.15, 0.2) is 5.11 Å². The molecule has 0 saturated heterocycles. The second-order valence-electron chi connectivity index (χ2n) is 1.68. The van der Waals surface area contributed by atoms with E-state index in [0.717, 1.165) is 0 Å². The van der Waals surface area contributed by atoms with Crippen LogP contribution in [0, 0.1) is 0 Å². The first-order valence-corrected chi connectivity index (χ1v) is 3.49. The molecule has 6 heteroatoms. The highest BCUT2D eigenvalue weighted by molar-refractivity contribution is 7.80. The summed E-state index contributed by atoms with van der Waals surface area (Å²) in [5.41, 5.74) is 0. The molecule has 0 atom stereocenters. The molecule has 64 valence electrons. The number of nitrogens with one attached hydrogen (secondary N) is 3. The molecule has 0 aliphatic carbocycles. The molecule has 0 aromatic rings. The molecule has 0 rings (SSSR count). The average molecular weight is 177 g/mol. The van der Waals surface area contributed by atoms with Crippen molar-refractivity contribution in [3.05, 3.63) is 0 Å². The number of rotatable bonds is 2. The van der Waals surface area contributed by atoms with E-state index in [2.05, 4.69) is 28.2 Å². The SMILES string of the molecule is CNC(=O)NC(=S)NCCO. The minimum atomic E-state index is -0.375. The summed E-state index contributed by atoms with van der Waals surface area (Å²) in [6.45, 7) is 0.318. The monoisotopic (exact) mass is 177 g/mol. The molecular formula is C5H11N3O2S. The Hall–Kier alpha value is -0.880. The van der Waals surface area contributed by atoms with Crippen molar-refractivity contribution in [2.45, 2.75) is 0 Å². The first-order valence-electron chi connectivity index (χ1n) is 3.08. The molecule has 0 unspecified atom stereocenters. The molecule has 11 heavy (non-hydrogen) atoms. The molecule has 0 spiro atoms. The molecule has 0 aliphatic heterocycles. The van der Waals surface area contributed by atoms with Crippen LogP contribution in [0.15, 0.2) is 0 Å². The molecule has 0 fully saturated rings. The van der Waals surface area contributed by atoms with Crippen LogP contribution in [0.3, 0.4) is 0 Å². The van der Waals surface area contributed by atoms with Crippen molar-refractivity contribution >= 4 is 23.4 Å². The molecule has 0 aromatic heterocycles. The Morgan fingerprint density at radius 1 is 1.64 bits per heavy atom. The molecule has 0 saturated carbocycles. The number of aliphatic hydroxyl groups is 1. The number of aliphatic hydroxyl groups excluding tert-OH is 1. The molecule has 0 radical (unpaired) electrons. The van der Waals surface area contributed by atoms with Crippen molar-refractivity contribution in [1.82, 2.24) is 16.0 Å². The van der Waals surface area contributed by atoms with Crippen LogP contribution in [-0.2, 0) is 0 Å². The van der Waals surface area contributed by atoms with E-state index in [0.29, 0.717) is 6.54 Å². The molecular weight excluding hydrogens is 166 g/mol. The van der Waals surface area contributed by atoms with Gasteiger partial charge in [0, 0.05) is 13.6 Å². The summed E-state index contributed by atoms with van der Waals surface area (Å²) < 4.78 is 0. The van der Waals surface area contributed by atoms with E-state index in [4.69, 9.17) is 5.11 Å². The molecule has 0 aliphatic rings. The maximum Gasteiger partial charge on any atom is 0.320 e. The van der Waals surface area contributed by atoms with Gasteiger partial charge in [-0.05, 0) is 12.2 Å². The van der Waals surface area contributed by atoms with Gasteiger partial charge in [0.2, 0.25) is 0 Å². The van der Waals surface area contributed by atoms with E-state index >= 15 is 0 Å². The highest BCUT2D eigenvalue weighted by atomic mass is 32.1. The number of carbonyl (C=O) groups is 1. The van der Waals surface area contributed by atoms with Crippen LogP contribution in [0.25, 0.3) is 0 Å². The van der Waals surface area contributed by atoms with Gasteiger partial charge in [-0.15, -0.1) is 0 Å². The standard InChI is InChI=1S/C5H11N3O2S/c1-6-4(10)8-5(11)7-2-3-9/h9H,2-3H2,1H3,(H3,6,7,8,10,11). The van der Waals surface area contributed by atoms with Crippen LogP contribution in [0.2, 0.25) is 0 Å². The highest BCUT2D eigenvalue weighted by Crippen LogP contribution is 1.66. The summed E-state index contributed by atoms with van der Waals surface area (Å²) in [7, 11) is 1.49. The Labute approximate surface area is 70.2 Å². The van der Waals surface area contributed by atoms with Crippen molar-refractivity contribution in [1.29, 1.82) is 0 Å². The van der Waals surface area contributed by atoms with Gasteiger partial charge in [-0.2, -0.15) is 0 Å². The fraction of sp³-hybridized carbons (Fsp3) is 0.600. The lowest BCUT2D eigenvalue weighted by atomic mass is 10.7. The van der Waals surface area contributed by atoms with E-state index < -0.39 is 0 Å². The maximum atomic E-state index is 10.6. The smallest absolute Gasteiger partial charge is 0.320 e. The van der Waals surface area contributed by atoms with Gasteiger partial charge in [-0.1, -0.05) is 0 Å². The summed E-state index contributed by atoms with van der Waals surface area (Å²) in [6, 6.07) is -0.375. The predicted molar refractivity (Wildman–Crippen MR) is 45.3 cm³/mol. The van der Waals surface area contributed by atoms with Crippen molar-refractivity contribution in [3.8, 4) is 0 Å². The Bertz CT molecular complexity index is 151. The third-order valence-electron chi connectivity index (χ3n) is 0.851. The predicted octanol–water partition coefficient (Wildman–Crippen LogP) is -1.22. The molecule has 2 amide bonds. The Balaban J connectivity index is 3.44. The van der Waals surface area contributed by atoms with Crippen molar-refractivity contribution in [3.63, 3.8) is 0 Å². The van der Waals surface area contributed by atoms with E-state index in [1.54, 1.807) is 0 Å². The molecule has 5 nitrogen and oxygen atoms in total. The molecule has 4 N–H and O–H groups in total. The van der Waals surface area contributed by atoms with E-state index in [-0.39, 0.29) is 17.8 Å². The topological polar surface area (TPSA) is 73.4 Å². The third kappa shape index (κ3) is 5.56. The second kappa shape index (κ2) is 5.87. The fourth-order valence-electron chi connectivity index (χ4n) is 0.379. The summed E-state index contributed by atoms with van der Waals surface area (Å²) in [6.07, 6.45) is 0. The Morgan fingerprint density at radius 3 is 2.73 bits per heavy atom. The van der Waals surface area contributed by atoms with Crippen LogP contribution in [0.1, 0.15) is 0 Å². The van der Waals surface area contributed by atoms with E-state index in [1.165, 1.54) is 7.05 Å². The lowest BCUT2D eigenvalue weighted by Gasteiger charge is -2.06. The average Bonchev–Trinajstić information content (AvgIpc) is 2.00. The summed E-state index contributed by atoms with van der Waals surface area (Å²) in [5, 5.41) is 15.8. The number of hydrogen-bond donors (Lipinski definition) is 4. The van der Waals surface area contributed by atoms with Crippen molar-refractivity contribution in [2.24, 2.45) is 0 Å². The normalized spacial score (nSPS) is 8.55. The fourth-order valence-corrected chi connectivity index (χ4v) is 0.574.